The molecule has 0 saturated heterocycles. The zero-order valence-corrected chi connectivity index (χ0v) is 22.6. The lowest BCUT2D eigenvalue weighted by Gasteiger charge is -2.21. The quantitative estimate of drug-likeness (QED) is 0.125. The van der Waals surface area contributed by atoms with Gasteiger partial charge in [-0.3, -0.25) is 19.8 Å². The van der Waals surface area contributed by atoms with Crippen LogP contribution in [-0.2, 0) is 4.79 Å². The van der Waals surface area contributed by atoms with Crippen molar-refractivity contribution in [2.75, 3.05) is 12.0 Å². The van der Waals surface area contributed by atoms with Crippen LogP contribution in [0.25, 0.3) is 11.8 Å². The standard InChI is InChI=1S/C30H21BrN2O4S/c1-37-29-16-7-20(18-27(29)31)17-22-19-28(21-5-3-2-4-6-21)32(30(22)34)23-8-12-25(13-9-23)38-26-14-10-24(11-15-26)33(35)36/h2-19H,1H3/b22-17+. The van der Waals surface area contributed by atoms with Crippen LogP contribution in [0.3, 0.4) is 0 Å². The van der Waals surface area contributed by atoms with E-state index in [2.05, 4.69) is 15.9 Å². The highest BCUT2D eigenvalue weighted by atomic mass is 79.9. The molecule has 0 fully saturated rings. The second-order valence-corrected chi connectivity index (χ2v) is 10.4. The minimum absolute atomic E-state index is 0.0586. The predicted octanol–water partition coefficient (Wildman–Crippen LogP) is 7.99. The Balaban J connectivity index is 1.45. The Morgan fingerprint density at radius 1 is 0.921 bits per heavy atom. The van der Waals surface area contributed by atoms with Crippen molar-refractivity contribution in [3.8, 4) is 5.75 Å². The van der Waals surface area contributed by atoms with Crippen molar-refractivity contribution in [3.63, 3.8) is 0 Å². The van der Waals surface area contributed by atoms with Gasteiger partial charge >= 0.3 is 0 Å². The summed E-state index contributed by atoms with van der Waals surface area (Å²) in [5.41, 5.74) is 3.99. The first-order chi connectivity index (χ1) is 18.4. The minimum Gasteiger partial charge on any atom is -0.496 e. The van der Waals surface area contributed by atoms with Crippen molar-refractivity contribution in [3.05, 3.63) is 134 Å². The number of methoxy groups -OCH3 is 1. The molecule has 0 saturated carbocycles. The fourth-order valence-corrected chi connectivity index (χ4v) is 5.46. The molecule has 1 aliphatic heterocycles. The van der Waals surface area contributed by atoms with Gasteiger partial charge in [-0.1, -0.05) is 48.2 Å². The molecule has 1 aliphatic rings. The number of carbonyl (C=O) groups is 1. The zero-order chi connectivity index (χ0) is 26.6. The van der Waals surface area contributed by atoms with Crippen LogP contribution < -0.4 is 9.64 Å². The predicted molar refractivity (Wildman–Crippen MR) is 154 cm³/mol. The maximum Gasteiger partial charge on any atom is 0.269 e. The van der Waals surface area contributed by atoms with Crippen LogP contribution in [0.2, 0.25) is 0 Å². The Kier molecular flexibility index (Phi) is 7.44. The topological polar surface area (TPSA) is 72.7 Å². The first-order valence-electron chi connectivity index (χ1n) is 11.6. The normalized spacial score (nSPS) is 14.1. The Hall–Kier alpha value is -4.14. The van der Waals surface area contributed by atoms with Crippen LogP contribution in [0.15, 0.2) is 123 Å². The Bertz CT molecular complexity index is 1570. The van der Waals surface area contributed by atoms with E-state index in [1.54, 1.807) is 24.1 Å². The van der Waals surface area contributed by atoms with Gasteiger partial charge in [0.05, 0.1) is 22.2 Å². The molecule has 0 aromatic heterocycles. The van der Waals surface area contributed by atoms with E-state index in [9.17, 15) is 14.9 Å². The summed E-state index contributed by atoms with van der Waals surface area (Å²) in [5.74, 6) is 0.602. The monoisotopic (exact) mass is 584 g/mol. The highest BCUT2D eigenvalue weighted by molar-refractivity contribution is 9.10. The number of halogens is 1. The van der Waals surface area contributed by atoms with E-state index in [0.29, 0.717) is 5.57 Å². The maximum atomic E-state index is 13.7. The molecule has 0 unspecified atom stereocenters. The van der Waals surface area contributed by atoms with E-state index in [1.807, 2.05) is 84.9 Å². The van der Waals surface area contributed by atoms with E-state index in [1.165, 1.54) is 23.9 Å². The molecule has 4 aromatic rings. The maximum absolute atomic E-state index is 13.7. The smallest absolute Gasteiger partial charge is 0.269 e. The van der Waals surface area contributed by atoms with Crippen LogP contribution >= 0.6 is 27.7 Å². The van der Waals surface area contributed by atoms with Gasteiger partial charge in [0.15, 0.2) is 0 Å². The fraction of sp³-hybridized carbons (Fsp3) is 0.0333. The van der Waals surface area contributed by atoms with E-state index >= 15 is 0 Å². The van der Waals surface area contributed by atoms with Gasteiger partial charge in [0.1, 0.15) is 5.75 Å². The van der Waals surface area contributed by atoms with Crippen molar-refractivity contribution in [2.45, 2.75) is 9.79 Å². The lowest BCUT2D eigenvalue weighted by Crippen LogP contribution is -2.24. The minimum atomic E-state index is -0.412. The number of ether oxygens (including phenoxy) is 1. The summed E-state index contributed by atoms with van der Waals surface area (Å²) < 4.78 is 6.13. The van der Waals surface area contributed by atoms with Gasteiger partial charge in [0.25, 0.3) is 11.6 Å². The van der Waals surface area contributed by atoms with Gasteiger partial charge in [-0.15, -0.1) is 0 Å². The number of nitrogens with zero attached hydrogens (tertiary/aromatic N) is 2. The number of hydrogen-bond acceptors (Lipinski definition) is 5. The lowest BCUT2D eigenvalue weighted by molar-refractivity contribution is -0.384. The third-order valence-electron chi connectivity index (χ3n) is 5.93. The summed E-state index contributed by atoms with van der Waals surface area (Å²) in [7, 11) is 1.61. The van der Waals surface area contributed by atoms with Gasteiger partial charge in [-0.25, -0.2) is 0 Å². The summed E-state index contributed by atoms with van der Waals surface area (Å²) in [6, 6.07) is 29.6. The van der Waals surface area contributed by atoms with E-state index < -0.39 is 4.92 Å². The second kappa shape index (κ2) is 11.1. The molecule has 38 heavy (non-hydrogen) atoms. The Morgan fingerprint density at radius 3 is 2.18 bits per heavy atom. The molecule has 0 spiro atoms. The number of nitro groups is 1. The number of carbonyl (C=O) groups excluding carboxylic acids is 1. The van der Waals surface area contributed by atoms with Crippen LogP contribution in [0.5, 0.6) is 5.75 Å². The zero-order valence-electron chi connectivity index (χ0n) is 20.2. The molecule has 0 bridgehead atoms. The first-order valence-corrected chi connectivity index (χ1v) is 13.2. The highest BCUT2D eigenvalue weighted by Crippen LogP contribution is 2.37. The lowest BCUT2D eigenvalue weighted by atomic mass is 10.1. The van der Waals surface area contributed by atoms with Gasteiger partial charge in [0, 0.05) is 33.2 Å². The number of rotatable bonds is 7. The van der Waals surface area contributed by atoms with Crippen molar-refractivity contribution in [1.82, 2.24) is 0 Å². The highest BCUT2D eigenvalue weighted by Gasteiger charge is 2.30. The Labute approximate surface area is 232 Å². The molecule has 1 amide bonds. The number of hydrogen-bond donors (Lipinski definition) is 0. The summed E-state index contributed by atoms with van der Waals surface area (Å²) in [5, 5.41) is 10.9. The molecule has 188 valence electrons. The van der Waals surface area contributed by atoms with E-state index in [4.69, 9.17) is 4.74 Å². The van der Waals surface area contributed by atoms with Gasteiger partial charge in [0.2, 0.25) is 0 Å². The fourth-order valence-electron chi connectivity index (χ4n) is 4.08. The third-order valence-corrected chi connectivity index (χ3v) is 7.56. The average molecular weight is 585 g/mol. The molecule has 8 heteroatoms. The molecular weight excluding hydrogens is 564 g/mol. The average Bonchev–Trinajstić information content (AvgIpc) is 3.25. The van der Waals surface area contributed by atoms with Gasteiger partial charge in [-0.2, -0.15) is 0 Å². The van der Waals surface area contributed by atoms with Crippen molar-refractivity contribution >= 4 is 56.7 Å². The molecule has 5 rings (SSSR count). The largest absolute Gasteiger partial charge is 0.496 e. The molecule has 0 aliphatic carbocycles. The molecule has 6 nitrogen and oxygen atoms in total. The van der Waals surface area contributed by atoms with E-state index in [-0.39, 0.29) is 11.6 Å². The van der Waals surface area contributed by atoms with Crippen molar-refractivity contribution in [2.24, 2.45) is 0 Å². The first kappa shape index (κ1) is 25.5. The van der Waals surface area contributed by atoms with Crippen molar-refractivity contribution in [1.29, 1.82) is 0 Å². The van der Waals surface area contributed by atoms with Gasteiger partial charge < -0.3 is 4.74 Å². The summed E-state index contributed by atoms with van der Waals surface area (Å²) in [6.45, 7) is 0. The molecule has 0 atom stereocenters. The molecule has 1 heterocycles. The number of amides is 1. The number of benzene rings is 4. The SMILES string of the molecule is COc1ccc(/C=C2\C=C(c3ccccc3)N(c3ccc(Sc4ccc([N+](=O)[O-])cc4)cc3)C2=O)cc1Br. The summed E-state index contributed by atoms with van der Waals surface area (Å²) in [6.07, 6.45) is 3.78. The van der Waals surface area contributed by atoms with Gasteiger partial charge in [-0.05, 0) is 87.7 Å². The van der Waals surface area contributed by atoms with Crippen LogP contribution in [0, 0.1) is 10.1 Å². The number of anilines is 1. The van der Waals surface area contributed by atoms with Crippen molar-refractivity contribution < 1.29 is 14.5 Å². The second-order valence-electron chi connectivity index (χ2n) is 8.38. The molecular formula is C30H21BrN2O4S. The summed E-state index contributed by atoms with van der Waals surface area (Å²) >= 11 is 5.01. The number of nitro benzene ring substituents is 1. The number of non-ortho nitro benzene ring substituents is 1. The van der Waals surface area contributed by atoms with Crippen LogP contribution in [0.1, 0.15) is 11.1 Å². The molecule has 0 N–H and O–H groups in total. The van der Waals surface area contributed by atoms with E-state index in [0.717, 1.165) is 42.5 Å². The third kappa shape index (κ3) is 5.41. The van der Waals surface area contributed by atoms with Crippen LogP contribution in [-0.4, -0.2) is 17.9 Å². The summed E-state index contributed by atoms with van der Waals surface area (Å²) in [4.78, 5) is 27.7. The molecule has 0 radical (unpaired) electrons. The van der Waals surface area contributed by atoms with Crippen LogP contribution in [0.4, 0.5) is 11.4 Å². The Morgan fingerprint density at radius 2 is 1.58 bits per heavy atom. The molecule has 4 aromatic carbocycles.